The minimum atomic E-state index is 0.115. The number of nitrogens with one attached hydrogen (secondary N) is 1. The summed E-state index contributed by atoms with van der Waals surface area (Å²) >= 11 is 0. The van der Waals surface area contributed by atoms with Crippen LogP contribution in [0.4, 0.5) is 5.69 Å². The second kappa shape index (κ2) is 3.77. The maximum absolute atomic E-state index is 6.18. The number of allylic oxidation sites excluding steroid dienone is 3. The summed E-state index contributed by atoms with van der Waals surface area (Å²) < 4.78 is 6.18. The lowest BCUT2D eigenvalue weighted by Crippen LogP contribution is -2.40. The SMILES string of the molecule is C1=CC2Nc3ccc4c(c3OC2C=C1)C=CCC4. The fraction of sp³-hybridized carbons (Fsp3) is 0.250. The topological polar surface area (TPSA) is 21.3 Å². The Labute approximate surface area is 107 Å². The number of hydrogen-bond acceptors (Lipinski definition) is 2. The van der Waals surface area contributed by atoms with E-state index in [0.29, 0.717) is 0 Å². The summed E-state index contributed by atoms with van der Waals surface area (Å²) in [6, 6.07) is 4.63. The average molecular weight is 237 g/mol. The molecule has 2 unspecified atom stereocenters. The monoisotopic (exact) mass is 237 g/mol. The summed E-state index contributed by atoms with van der Waals surface area (Å²) in [6.45, 7) is 0. The minimum Gasteiger partial charge on any atom is -0.481 e. The number of benzene rings is 1. The number of fused-ring (bicyclic) bond motifs is 4. The van der Waals surface area contributed by atoms with Crippen molar-refractivity contribution in [3.05, 3.63) is 53.6 Å². The van der Waals surface area contributed by atoms with E-state index in [1.54, 1.807) is 0 Å². The average Bonchev–Trinajstić information content (AvgIpc) is 2.45. The van der Waals surface area contributed by atoms with Gasteiger partial charge in [0, 0.05) is 5.56 Å². The highest BCUT2D eigenvalue weighted by molar-refractivity contribution is 5.74. The summed E-state index contributed by atoms with van der Waals surface area (Å²) in [7, 11) is 0. The van der Waals surface area contributed by atoms with Gasteiger partial charge in [-0.25, -0.2) is 0 Å². The van der Waals surface area contributed by atoms with Gasteiger partial charge in [-0.2, -0.15) is 0 Å². The molecule has 0 saturated carbocycles. The van der Waals surface area contributed by atoms with Crippen LogP contribution >= 0.6 is 0 Å². The van der Waals surface area contributed by atoms with Crippen LogP contribution in [-0.4, -0.2) is 12.1 Å². The molecular formula is C16H15NO. The van der Waals surface area contributed by atoms with Gasteiger partial charge >= 0.3 is 0 Å². The summed E-state index contributed by atoms with van der Waals surface area (Å²) in [5.74, 6) is 1.02. The summed E-state index contributed by atoms with van der Waals surface area (Å²) in [4.78, 5) is 0. The molecule has 0 radical (unpaired) electrons. The Morgan fingerprint density at radius 2 is 2.11 bits per heavy atom. The largest absolute Gasteiger partial charge is 0.481 e. The molecule has 90 valence electrons. The standard InChI is InChI=1S/C16H15NO/c1-2-6-12-11(5-1)9-10-14-16(12)18-15-8-4-3-7-13(15)17-14/h2-4,6-10,13,15,17H,1,5H2. The van der Waals surface area contributed by atoms with Gasteiger partial charge in [-0.05, 0) is 30.5 Å². The van der Waals surface area contributed by atoms with E-state index in [1.807, 2.05) is 0 Å². The van der Waals surface area contributed by atoms with Crippen LogP contribution in [0.3, 0.4) is 0 Å². The number of anilines is 1. The van der Waals surface area contributed by atoms with Crippen molar-refractivity contribution in [1.29, 1.82) is 0 Å². The fourth-order valence-electron chi connectivity index (χ4n) is 2.87. The van der Waals surface area contributed by atoms with Crippen LogP contribution in [0, 0.1) is 0 Å². The van der Waals surface area contributed by atoms with Crippen molar-refractivity contribution in [2.75, 3.05) is 5.32 Å². The van der Waals surface area contributed by atoms with Crippen molar-refractivity contribution in [2.24, 2.45) is 0 Å². The maximum atomic E-state index is 6.18. The molecule has 3 aliphatic rings. The lowest BCUT2D eigenvalue weighted by molar-refractivity contribution is 0.228. The molecule has 2 aliphatic carbocycles. The van der Waals surface area contributed by atoms with Crippen LogP contribution in [0.25, 0.3) is 6.08 Å². The Balaban J connectivity index is 1.82. The van der Waals surface area contributed by atoms with Crippen LogP contribution in [0.1, 0.15) is 17.5 Å². The normalized spacial score (nSPS) is 26.7. The highest BCUT2D eigenvalue weighted by Gasteiger charge is 2.29. The van der Waals surface area contributed by atoms with Crippen LogP contribution in [-0.2, 0) is 6.42 Å². The van der Waals surface area contributed by atoms with Gasteiger partial charge in [0.05, 0.1) is 11.7 Å². The molecule has 0 fully saturated rings. The van der Waals surface area contributed by atoms with E-state index in [9.17, 15) is 0 Å². The van der Waals surface area contributed by atoms with Crippen molar-refractivity contribution in [3.63, 3.8) is 0 Å². The first-order valence-electron chi connectivity index (χ1n) is 6.52. The van der Waals surface area contributed by atoms with Gasteiger partial charge in [-0.15, -0.1) is 0 Å². The third kappa shape index (κ3) is 1.42. The van der Waals surface area contributed by atoms with Gasteiger partial charge in [-0.3, -0.25) is 0 Å². The summed E-state index contributed by atoms with van der Waals surface area (Å²) in [5, 5.41) is 3.55. The van der Waals surface area contributed by atoms with Gasteiger partial charge in [-0.1, -0.05) is 36.4 Å². The van der Waals surface area contributed by atoms with Crippen LogP contribution < -0.4 is 10.1 Å². The molecule has 2 nitrogen and oxygen atoms in total. The molecular weight excluding hydrogens is 222 g/mol. The first kappa shape index (κ1) is 10.0. The van der Waals surface area contributed by atoms with Gasteiger partial charge in [0.1, 0.15) is 6.10 Å². The number of hydrogen-bond donors (Lipinski definition) is 1. The van der Waals surface area contributed by atoms with Gasteiger partial charge in [0.15, 0.2) is 5.75 Å². The predicted octanol–water partition coefficient (Wildman–Crippen LogP) is 3.31. The van der Waals surface area contributed by atoms with Crippen LogP contribution in [0.5, 0.6) is 5.75 Å². The molecule has 0 spiro atoms. The first-order chi connectivity index (χ1) is 8.92. The molecule has 1 aromatic rings. The second-order valence-electron chi connectivity index (χ2n) is 4.98. The van der Waals surface area contributed by atoms with E-state index < -0.39 is 0 Å². The highest BCUT2D eigenvalue weighted by Crippen LogP contribution is 2.40. The molecule has 1 N–H and O–H groups in total. The van der Waals surface area contributed by atoms with Crippen molar-refractivity contribution in [2.45, 2.75) is 25.0 Å². The van der Waals surface area contributed by atoms with Crippen molar-refractivity contribution >= 4 is 11.8 Å². The van der Waals surface area contributed by atoms with Crippen molar-refractivity contribution in [1.82, 2.24) is 0 Å². The molecule has 4 rings (SSSR count). The third-order valence-electron chi connectivity index (χ3n) is 3.81. The molecule has 2 heteroatoms. The molecule has 2 atom stereocenters. The Kier molecular flexibility index (Phi) is 2.10. The Morgan fingerprint density at radius 3 is 3.11 bits per heavy atom. The molecule has 1 aliphatic heterocycles. The Hall–Kier alpha value is -1.96. The van der Waals surface area contributed by atoms with Crippen molar-refractivity contribution in [3.8, 4) is 5.75 Å². The third-order valence-corrected chi connectivity index (χ3v) is 3.81. The fourth-order valence-corrected chi connectivity index (χ4v) is 2.87. The molecule has 18 heavy (non-hydrogen) atoms. The molecule has 0 bridgehead atoms. The second-order valence-corrected chi connectivity index (χ2v) is 4.98. The van der Waals surface area contributed by atoms with E-state index >= 15 is 0 Å². The van der Waals surface area contributed by atoms with Crippen LogP contribution in [0.15, 0.2) is 42.5 Å². The minimum absolute atomic E-state index is 0.115. The zero-order valence-electron chi connectivity index (χ0n) is 10.1. The quantitative estimate of drug-likeness (QED) is 0.747. The number of rotatable bonds is 0. The van der Waals surface area contributed by atoms with Crippen molar-refractivity contribution < 1.29 is 4.74 Å². The molecule has 1 aromatic carbocycles. The number of aryl methyl sites for hydroxylation is 1. The van der Waals surface area contributed by atoms with E-state index in [1.165, 1.54) is 11.1 Å². The molecule has 0 amide bonds. The lowest BCUT2D eigenvalue weighted by atomic mass is 9.94. The Bertz CT molecular complexity index is 583. The molecule has 0 aromatic heterocycles. The van der Waals surface area contributed by atoms with E-state index in [0.717, 1.165) is 24.3 Å². The first-order valence-corrected chi connectivity index (χ1v) is 6.52. The Morgan fingerprint density at radius 1 is 1.17 bits per heavy atom. The maximum Gasteiger partial charge on any atom is 0.150 e. The van der Waals surface area contributed by atoms with Gasteiger partial charge in [0.2, 0.25) is 0 Å². The number of ether oxygens (including phenoxy) is 1. The molecule has 0 saturated heterocycles. The predicted molar refractivity (Wildman–Crippen MR) is 73.9 cm³/mol. The zero-order valence-corrected chi connectivity index (χ0v) is 10.1. The van der Waals surface area contributed by atoms with E-state index in [4.69, 9.17) is 4.74 Å². The van der Waals surface area contributed by atoms with Gasteiger partial charge < -0.3 is 10.1 Å². The lowest BCUT2D eigenvalue weighted by Gasteiger charge is -2.34. The van der Waals surface area contributed by atoms with E-state index in [2.05, 4.69) is 53.9 Å². The van der Waals surface area contributed by atoms with Gasteiger partial charge in [0.25, 0.3) is 0 Å². The summed E-state index contributed by atoms with van der Waals surface area (Å²) in [6.07, 6.45) is 15.2. The van der Waals surface area contributed by atoms with Crippen LogP contribution in [0.2, 0.25) is 0 Å². The highest BCUT2D eigenvalue weighted by atomic mass is 16.5. The zero-order chi connectivity index (χ0) is 11.9. The van der Waals surface area contributed by atoms with E-state index in [-0.39, 0.29) is 12.1 Å². The summed E-state index contributed by atoms with van der Waals surface area (Å²) in [5.41, 5.74) is 3.76. The smallest absolute Gasteiger partial charge is 0.150 e. The molecule has 1 heterocycles.